The molecule has 0 saturated heterocycles. The molecule has 24 heavy (non-hydrogen) atoms. The lowest BCUT2D eigenvalue weighted by molar-refractivity contribution is -0.122. The molecule has 2 saturated carbocycles. The summed E-state index contributed by atoms with van der Waals surface area (Å²) in [6, 6.07) is 3.90. The van der Waals surface area contributed by atoms with Gasteiger partial charge in [0.25, 0.3) is 0 Å². The van der Waals surface area contributed by atoms with Crippen LogP contribution in [0.25, 0.3) is 12.3 Å². The Labute approximate surface area is 140 Å². The molecule has 126 valence electrons. The number of rotatable bonds is 4. The maximum atomic E-state index is 11.9. The van der Waals surface area contributed by atoms with Crippen LogP contribution in [-0.4, -0.2) is 17.1 Å². The molecule has 1 aromatic rings. The molecule has 2 aliphatic carbocycles. The lowest BCUT2D eigenvalue weighted by Crippen LogP contribution is -2.49. The van der Waals surface area contributed by atoms with Gasteiger partial charge in [-0.1, -0.05) is 30.5 Å². The molecule has 1 amide bonds. The van der Waals surface area contributed by atoms with Crippen LogP contribution in [0, 0.1) is 10.8 Å². The van der Waals surface area contributed by atoms with Crippen molar-refractivity contribution in [3.05, 3.63) is 33.3 Å². The molecular weight excluding hydrogens is 304 g/mol. The third-order valence-electron chi connectivity index (χ3n) is 5.28. The van der Waals surface area contributed by atoms with Crippen LogP contribution in [0.1, 0.15) is 50.6 Å². The molecule has 6 heteroatoms. The molecular formula is C18H22N4O2. The van der Waals surface area contributed by atoms with E-state index in [1.807, 2.05) is 24.4 Å². The minimum absolute atomic E-state index is 0.108. The summed E-state index contributed by atoms with van der Waals surface area (Å²) in [6.45, 7) is 0. The molecule has 2 heterocycles. The van der Waals surface area contributed by atoms with Crippen molar-refractivity contribution in [2.45, 2.75) is 56.7 Å². The molecule has 0 aromatic carbocycles. The topological polar surface area (TPSA) is 83.4 Å². The van der Waals surface area contributed by atoms with Gasteiger partial charge in [0.05, 0.1) is 11.0 Å². The van der Waals surface area contributed by atoms with Crippen LogP contribution in [0.15, 0.2) is 17.3 Å². The van der Waals surface area contributed by atoms with E-state index in [-0.39, 0.29) is 18.0 Å². The van der Waals surface area contributed by atoms with Crippen molar-refractivity contribution in [2.75, 3.05) is 0 Å². The Bertz CT molecular complexity index is 779. The van der Waals surface area contributed by atoms with E-state index in [2.05, 4.69) is 20.8 Å². The Balaban J connectivity index is 1.60. The quantitative estimate of drug-likeness (QED) is 0.808. The molecule has 3 aliphatic rings. The Morgan fingerprint density at radius 3 is 2.75 bits per heavy atom. The zero-order chi connectivity index (χ0) is 16.6. The number of aromatic nitrogens is 1. The minimum Gasteiger partial charge on any atom is -0.366 e. The highest BCUT2D eigenvalue weighted by atomic mass is 16.3. The standard InChI is InChI=1S/C18H22N4O2/c23-17(12-4-5-12)21-16-10-13-6-7-15(20-14(13)11-19-16)18(22-24)8-2-1-3-9-18/h6-7,10-12,16,19H,1-5,8-9H2,(H,21,23). The van der Waals surface area contributed by atoms with Crippen LogP contribution in [0.5, 0.6) is 0 Å². The van der Waals surface area contributed by atoms with Crippen molar-refractivity contribution in [1.29, 1.82) is 0 Å². The number of carbonyl (C=O) groups excluding carboxylic acids is 1. The second kappa shape index (κ2) is 6.00. The van der Waals surface area contributed by atoms with Gasteiger partial charge in [-0.25, -0.2) is 4.98 Å². The zero-order valence-corrected chi connectivity index (χ0v) is 13.6. The first-order valence-corrected chi connectivity index (χ1v) is 8.81. The fourth-order valence-corrected chi connectivity index (χ4v) is 3.63. The molecule has 1 aromatic heterocycles. The summed E-state index contributed by atoms with van der Waals surface area (Å²) in [7, 11) is 0. The van der Waals surface area contributed by atoms with E-state index in [1.165, 1.54) is 0 Å². The first-order valence-electron chi connectivity index (χ1n) is 8.81. The molecule has 0 spiro atoms. The number of nitroso groups, excluding NO2 is 1. The number of carbonyl (C=O) groups is 1. The summed E-state index contributed by atoms with van der Waals surface area (Å²) in [5, 5.41) is 11.4. The highest BCUT2D eigenvalue weighted by Crippen LogP contribution is 2.39. The Kier molecular flexibility index (Phi) is 3.82. The monoisotopic (exact) mass is 326 g/mol. The maximum Gasteiger partial charge on any atom is 0.224 e. The number of hydrogen-bond donors (Lipinski definition) is 2. The third kappa shape index (κ3) is 2.81. The van der Waals surface area contributed by atoms with Gasteiger partial charge in [-0.3, -0.25) is 4.79 Å². The average Bonchev–Trinajstić information content (AvgIpc) is 3.47. The molecule has 1 atom stereocenters. The van der Waals surface area contributed by atoms with Gasteiger partial charge in [-0.2, -0.15) is 0 Å². The molecule has 1 unspecified atom stereocenters. The van der Waals surface area contributed by atoms with Crippen LogP contribution in [0.4, 0.5) is 0 Å². The zero-order valence-electron chi connectivity index (χ0n) is 13.6. The lowest BCUT2D eigenvalue weighted by Gasteiger charge is -2.29. The van der Waals surface area contributed by atoms with Crippen LogP contribution >= 0.6 is 0 Å². The van der Waals surface area contributed by atoms with Gasteiger partial charge in [0.15, 0.2) is 0 Å². The molecule has 2 N–H and O–H groups in total. The smallest absolute Gasteiger partial charge is 0.224 e. The predicted molar refractivity (Wildman–Crippen MR) is 90.8 cm³/mol. The molecule has 0 radical (unpaired) electrons. The van der Waals surface area contributed by atoms with Gasteiger partial charge in [0.1, 0.15) is 11.7 Å². The van der Waals surface area contributed by atoms with E-state index in [4.69, 9.17) is 0 Å². The van der Waals surface area contributed by atoms with E-state index < -0.39 is 5.54 Å². The van der Waals surface area contributed by atoms with Crippen LogP contribution in [0.2, 0.25) is 0 Å². The largest absolute Gasteiger partial charge is 0.366 e. The fourth-order valence-electron chi connectivity index (χ4n) is 3.63. The minimum atomic E-state index is -0.668. The molecule has 1 aliphatic heterocycles. The number of amides is 1. The molecule has 0 bridgehead atoms. The molecule has 6 nitrogen and oxygen atoms in total. The van der Waals surface area contributed by atoms with Gasteiger partial charge < -0.3 is 10.6 Å². The van der Waals surface area contributed by atoms with E-state index in [9.17, 15) is 9.70 Å². The lowest BCUT2D eigenvalue weighted by atomic mass is 9.80. The fraction of sp³-hybridized carbons (Fsp3) is 0.556. The first kappa shape index (κ1) is 15.3. The summed E-state index contributed by atoms with van der Waals surface area (Å²) in [5.41, 5.74) is 0.0980. The van der Waals surface area contributed by atoms with Gasteiger partial charge in [-0.05, 0) is 37.8 Å². The van der Waals surface area contributed by atoms with Gasteiger partial charge >= 0.3 is 0 Å². The van der Waals surface area contributed by atoms with Crippen LogP contribution in [-0.2, 0) is 10.3 Å². The van der Waals surface area contributed by atoms with Crippen molar-refractivity contribution >= 4 is 18.2 Å². The van der Waals surface area contributed by atoms with Gasteiger partial charge in [0, 0.05) is 17.3 Å². The number of pyridine rings is 1. The number of nitrogens with one attached hydrogen (secondary N) is 2. The number of fused-ring (bicyclic) bond motifs is 1. The van der Waals surface area contributed by atoms with Crippen molar-refractivity contribution in [1.82, 2.24) is 15.6 Å². The maximum absolute atomic E-state index is 11.9. The second-order valence-electron chi connectivity index (χ2n) is 7.09. The van der Waals surface area contributed by atoms with Crippen molar-refractivity contribution < 1.29 is 4.79 Å². The van der Waals surface area contributed by atoms with E-state index in [0.29, 0.717) is 0 Å². The second-order valence-corrected chi connectivity index (χ2v) is 7.09. The van der Waals surface area contributed by atoms with E-state index in [1.54, 1.807) is 0 Å². The first-order chi connectivity index (χ1) is 11.7. The highest BCUT2D eigenvalue weighted by molar-refractivity contribution is 5.82. The number of nitrogens with zero attached hydrogens (tertiary/aromatic N) is 2. The summed E-state index contributed by atoms with van der Waals surface area (Å²) in [4.78, 5) is 28.1. The summed E-state index contributed by atoms with van der Waals surface area (Å²) in [5.74, 6) is 0.295. The van der Waals surface area contributed by atoms with Crippen molar-refractivity contribution in [3.8, 4) is 0 Å². The Morgan fingerprint density at radius 1 is 1.25 bits per heavy atom. The van der Waals surface area contributed by atoms with E-state index in [0.717, 1.165) is 61.2 Å². The van der Waals surface area contributed by atoms with Crippen molar-refractivity contribution in [2.24, 2.45) is 11.1 Å². The SMILES string of the molecule is O=NC1(c2ccc3c(n2)=CNC(NC(=O)C2CC2)C=3)CCCCC1. The van der Waals surface area contributed by atoms with Gasteiger partial charge in [-0.15, -0.1) is 4.91 Å². The van der Waals surface area contributed by atoms with Crippen LogP contribution in [0.3, 0.4) is 0 Å². The summed E-state index contributed by atoms with van der Waals surface area (Å²) >= 11 is 0. The summed E-state index contributed by atoms with van der Waals surface area (Å²) < 4.78 is 0. The highest BCUT2D eigenvalue weighted by Gasteiger charge is 2.37. The van der Waals surface area contributed by atoms with Crippen molar-refractivity contribution in [3.63, 3.8) is 0 Å². The molecule has 2 fully saturated rings. The van der Waals surface area contributed by atoms with E-state index >= 15 is 0 Å². The molecule has 4 rings (SSSR count). The normalized spacial score (nSPS) is 24.6. The van der Waals surface area contributed by atoms with Gasteiger partial charge in [0.2, 0.25) is 5.91 Å². The predicted octanol–water partition coefficient (Wildman–Crippen LogP) is 0.981. The third-order valence-corrected chi connectivity index (χ3v) is 5.28. The summed E-state index contributed by atoms with van der Waals surface area (Å²) in [6.07, 6.45) is 10.3. The Hall–Kier alpha value is -2.24. The Morgan fingerprint density at radius 2 is 2.04 bits per heavy atom. The average molecular weight is 326 g/mol. The number of hydrogen-bond acceptors (Lipinski definition) is 5. The van der Waals surface area contributed by atoms with Crippen LogP contribution < -0.4 is 21.2 Å².